The average molecular weight is 255 g/mol. The third kappa shape index (κ3) is 4.17. The summed E-state index contributed by atoms with van der Waals surface area (Å²) in [4.78, 5) is 22.0. The lowest BCUT2D eigenvalue weighted by atomic mass is 10.1. The number of carboxylic acid groups (broad SMARTS) is 1. The summed E-state index contributed by atoms with van der Waals surface area (Å²) < 4.78 is 4.92. The first-order valence-electron chi connectivity index (χ1n) is 5.62. The monoisotopic (exact) mass is 255 g/mol. The average Bonchev–Trinajstić information content (AvgIpc) is 2.74. The molecule has 0 aliphatic rings. The van der Waals surface area contributed by atoms with Crippen LogP contribution in [-0.2, 0) is 9.59 Å². The molecule has 1 atom stereocenters. The number of rotatable bonds is 6. The fraction of sp³-hybridized carbons (Fsp3) is 0.545. The van der Waals surface area contributed by atoms with Crippen LogP contribution >= 0.6 is 0 Å². The third-order valence-corrected chi connectivity index (χ3v) is 2.32. The highest BCUT2D eigenvalue weighted by Gasteiger charge is 2.13. The lowest BCUT2D eigenvalue weighted by Gasteiger charge is -2.07. The number of nitrogens with zero attached hydrogens (tertiary/aromatic N) is 1. The van der Waals surface area contributed by atoms with Crippen molar-refractivity contribution >= 4 is 17.8 Å². The van der Waals surface area contributed by atoms with Crippen molar-refractivity contribution < 1.29 is 19.2 Å². The van der Waals surface area contributed by atoms with Crippen LogP contribution in [0.1, 0.15) is 32.4 Å². The summed E-state index contributed by atoms with van der Waals surface area (Å²) in [6, 6.07) is 0.861. The van der Waals surface area contributed by atoms with E-state index in [1.807, 2.05) is 13.8 Å². The van der Waals surface area contributed by atoms with Crippen molar-refractivity contribution in [3.05, 3.63) is 11.8 Å². The maximum atomic E-state index is 11.5. The van der Waals surface area contributed by atoms with Crippen LogP contribution in [0, 0.1) is 0 Å². The molecule has 0 spiro atoms. The smallest absolute Gasteiger partial charge is 0.320 e. The molecule has 0 aromatic carbocycles. The molecule has 1 amide bonds. The number of carbonyl (C=O) groups is 2. The van der Waals surface area contributed by atoms with Crippen molar-refractivity contribution in [3.8, 4) is 0 Å². The summed E-state index contributed by atoms with van der Waals surface area (Å²) in [5, 5.41) is 17.5. The fourth-order valence-corrected chi connectivity index (χ4v) is 1.13. The van der Waals surface area contributed by atoms with E-state index < -0.39 is 12.0 Å². The Hall–Kier alpha value is -1.89. The van der Waals surface area contributed by atoms with Crippen LogP contribution in [0.25, 0.3) is 0 Å². The zero-order chi connectivity index (χ0) is 13.7. The molecule has 1 heterocycles. The molecule has 0 saturated carbocycles. The van der Waals surface area contributed by atoms with Crippen molar-refractivity contribution in [2.24, 2.45) is 0 Å². The predicted molar refractivity (Wildman–Crippen MR) is 64.3 cm³/mol. The van der Waals surface area contributed by atoms with Crippen LogP contribution in [0.15, 0.2) is 10.6 Å². The van der Waals surface area contributed by atoms with Gasteiger partial charge in [0.25, 0.3) is 0 Å². The second-order valence-corrected chi connectivity index (χ2v) is 4.26. The molecule has 0 aliphatic heterocycles. The maximum absolute atomic E-state index is 11.5. The second-order valence-electron chi connectivity index (χ2n) is 4.26. The van der Waals surface area contributed by atoms with E-state index in [1.165, 1.54) is 6.92 Å². The molecule has 1 rings (SSSR count). The Kier molecular flexibility index (Phi) is 4.85. The molecule has 0 aliphatic carbocycles. The van der Waals surface area contributed by atoms with Crippen molar-refractivity contribution in [2.45, 2.75) is 32.7 Å². The normalized spacial score (nSPS) is 12.4. The van der Waals surface area contributed by atoms with Gasteiger partial charge in [-0.2, -0.15) is 0 Å². The highest BCUT2D eigenvalue weighted by Crippen LogP contribution is 2.17. The number of carboxylic acids is 1. The van der Waals surface area contributed by atoms with E-state index in [1.54, 1.807) is 6.07 Å². The van der Waals surface area contributed by atoms with Gasteiger partial charge in [-0.15, -0.1) is 0 Å². The Morgan fingerprint density at radius 2 is 2.11 bits per heavy atom. The molecule has 0 saturated heterocycles. The van der Waals surface area contributed by atoms with Crippen molar-refractivity contribution in [2.75, 3.05) is 11.9 Å². The zero-order valence-corrected chi connectivity index (χ0v) is 10.6. The van der Waals surface area contributed by atoms with E-state index in [0.717, 1.165) is 5.69 Å². The van der Waals surface area contributed by atoms with E-state index in [0.29, 0.717) is 0 Å². The Morgan fingerprint density at radius 1 is 1.44 bits per heavy atom. The molecule has 0 radical (unpaired) electrons. The molecular formula is C11H17N3O4. The van der Waals surface area contributed by atoms with E-state index in [-0.39, 0.29) is 24.3 Å². The number of hydrogen-bond donors (Lipinski definition) is 3. The van der Waals surface area contributed by atoms with Gasteiger partial charge in [-0.05, 0) is 12.8 Å². The molecule has 7 heteroatoms. The van der Waals surface area contributed by atoms with Gasteiger partial charge in [0.15, 0.2) is 0 Å². The SMILES string of the molecule is CC(C)c1cc(NC(=O)CN[C@H](C)C(=O)O)on1. The number of nitrogens with one attached hydrogen (secondary N) is 2. The number of aliphatic carboxylic acids is 1. The van der Waals surface area contributed by atoms with Crippen LogP contribution in [0.4, 0.5) is 5.88 Å². The minimum atomic E-state index is -1.01. The number of hydrogen-bond acceptors (Lipinski definition) is 5. The quantitative estimate of drug-likeness (QED) is 0.694. The van der Waals surface area contributed by atoms with Crippen molar-refractivity contribution in [1.82, 2.24) is 10.5 Å². The van der Waals surface area contributed by atoms with Gasteiger partial charge >= 0.3 is 5.97 Å². The molecule has 0 unspecified atom stereocenters. The van der Waals surface area contributed by atoms with Crippen LogP contribution in [0.5, 0.6) is 0 Å². The summed E-state index contributed by atoms with van der Waals surface area (Å²) in [6.45, 7) is 5.27. The Morgan fingerprint density at radius 3 is 2.61 bits per heavy atom. The van der Waals surface area contributed by atoms with Crippen molar-refractivity contribution in [1.29, 1.82) is 0 Å². The van der Waals surface area contributed by atoms with Crippen LogP contribution in [0.2, 0.25) is 0 Å². The van der Waals surface area contributed by atoms with Gasteiger partial charge in [-0.3, -0.25) is 20.2 Å². The van der Waals surface area contributed by atoms with E-state index in [4.69, 9.17) is 9.63 Å². The molecule has 3 N–H and O–H groups in total. The van der Waals surface area contributed by atoms with Crippen LogP contribution in [-0.4, -0.2) is 34.7 Å². The molecular weight excluding hydrogens is 238 g/mol. The topological polar surface area (TPSA) is 104 Å². The van der Waals surface area contributed by atoms with E-state index in [2.05, 4.69) is 15.8 Å². The predicted octanol–water partition coefficient (Wildman–Crippen LogP) is 0.799. The lowest BCUT2D eigenvalue weighted by Crippen LogP contribution is -2.39. The van der Waals surface area contributed by atoms with Gasteiger partial charge in [-0.25, -0.2) is 0 Å². The Bertz CT molecular complexity index is 428. The Labute approximate surface area is 105 Å². The summed E-state index contributed by atoms with van der Waals surface area (Å²) in [5.41, 5.74) is 0.747. The highest BCUT2D eigenvalue weighted by molar-refractivity contribution is 5.91. The minimum Gasteiger partial charge on any atom is -0.480 e. The first kappa shape index (κ1) is 14.2. The van der Waals surface area contributed by atoms with Gasteiger partial charge in [0.1, 0.15) is 6.04 Å². The molecule has 0 fully saturated rings. The number of amides is 1. The second kappa shape index (κ2) is 6.15. The fourth-order valence-electron chi connectivity index (χ4n) is 1.13. The number of anilines is 1. The third-order valence-electron chi connectivity index (χ3n) is 2.32. The summed E-state index contributed by atoms with van der Waals surface area (Å²) in [5.74, 6) is -0.919. The minimum absolute atomic E-state index is 0.106. The van der Waals surface area contributed by atoms with Crippen LogP contribution in [0.3, 0.4) is 0 Å². The van der Waals surface area contributed by atoms with Gasteiger partial charge in [-0.1, -0.05) is 19.0 Å². The standard InChI is InChI=1S/C11H17N3O4/c1-6(2)8-4-10(18-14-8)13-9(15)5-12-7(3)11(16)17/h4,6-7,12H,5H2,1-3H3,(H,13,15)(H,16,17)/t7-/m1/s1. The van der Waals surface area contributed by atoms with Gasteiger partial charge in [0, 0.05) is 6.07 Å². The highest BCUT2D eigenvalue weighted by atomic mass is 16.5. The first-order valence-corrected chi connectivity index (χ1v) is 5.62. The molecule has 1 aromatic heterocycles. The lowest BCUT2D eigenvalue weighted by molar-refractivity contribution is -0.139. The summed E-state index contributed by atoms with van der Waals surface area (Å²) in [6.07, 6.45) is 0. The molecule has 7 nitrogen and oxygen atoms in total. The number of carbonyl (C=O) groups excluding carboxylic acids is 1. The largest absolute Gasteiger partial charge is 0.480 e. The number of aromatic nitrogens is 1. The van der Waals surface area contributed by atoms with Gasteiger partial charge < -0.3 is 9.63 Å². The molecule has 0 bridgehead atoms. The zero-order valence-electron chi connectivity index (χ0n) is 10.6. The molecule has 100 valence electrons. The van der Waals surface area contributed by atoms with Gasteiger partial charge in [0.2, 0.25) is 11.8 Å². The Balaban J connectivity index is 2.42. The maximum Gasteiger partial charge on any atom is 0.320 e. The first-order chi connectivity index (χ1) is 8.40. The van der Waals surface area contributed by atoms with E-state index >= 15 is 0 Å². The summed E-state index contributed by atoms with van der Waals surface area (Å²) >= 11 is 0. The van der Waals surface area contributed by atoms with Crippen molar-refractivity contribution in [3.63, 3.8) is 0 Å². The van der Waals surface area contributed by atoms with E-state index in [9.17, 15) is 9.59 Å². The summed E-state index contributed by atoms with van der Waals surface area (Å²) in [7, 11) is 0. The molecule has 1 aromatic rings. The van der Waals surface area contributed by atoms with Crippen LogP contribution < -0.4 is 10.6 Å². The van der Waals surface area contributed by atoms with Gasteiger partial charge in [0.05, 0.1) is 12.2 Å². The molecule has 18 heavy (non-hydrogen) atoms.